The number of hydrogen-bond donors (Lipinski definition) is 1. The topological polar surface area (TPSA) is 51.0 Å². The molecular formula is C17H17Cl2NO3. The van der Waals surface area contributed by atoms with Crippen molar-refractivity contribution in [2.45, 2.75) is 19.8 Å². The van der Waals surface area contributed by atoms with Crippen LogP contribution in [0.25, 0.3) is 0 Å². The summed E-state index contributed by atoms with van der Waals surface area (Å²) in [6, 6.07) is 8.75. The Morgan fingerprint density at radius 2 is 1.78 bits per heavy atom. The van der Waals surface area contributed by atoms with Crippen molar-refractivity contribution in [3.05, 3.63) is 51.5 Å². The van der Waals surface area contributed by atoms with Crippen molar-refractivity contribution < 1.29 is 14.7 Å². The Labute approximate surface area is 145 Å². The molecule has 0 fully saturated rings. The number of ether oxygens (including phenoxy) is 2. The first kappa shape index (κ1) is 17.4. The summed E-state index contributed by atoms with van der Waals surface area (Å²) in [5.41, 5.74) is 1.61. The maximum atomic E-state index is 8.58. The van der Waals surface area contributed by atoms with Crippen LogP contribution < -0.4 is 9.47 Å². The number of halogens is 2. The number of oxime groups is 1. The van der Waals surface area contributed by atoms with Gasteiger partial charge in [0.2, 0.25) is 0 Å². The molecule has 2 aromatic carbocycles. The molecule has 2 rings (SSSR count). The highest BCUT2D eigenvalue weighted by molar-refractivity contribution is 6.37. The van der Waals surface area contributed by atoms with E-state index in [1.165, 1.54) is 6.21 Å². The van der Waals surface area contributed by atoms with Gasteiger partial charge in [-0.1, -0.05) is 42.2 Å². The van der Waals surface area contributed by atoms with Gasteiger partial charge in [-0.05, 0) is 41.8 Å². The Morgan fingerprint density at radius 1 is 1.13 bits per heavy atom. The van der Waals surface area contributed by atoms with Crippen LogP contribution in [-0.2, 0) is 0 Å². The third-order valence-electron chi connectivity index (χ3n) is 3.27. The zero-order valence-corrected chi connectivity index (χ0v) is 14.5. The zero-order valence-electron chi connectivity index (χ0n) is 13.0. The second kappa shape index (κ2) is 7.57. The highest BCUT2D eigenvalue weighted by Gasteiger charge is 2.13. The van der Waals surface area contributed by atoms with E-state index in [0.717, 1.165) is 11.3 Å². The van der Waals surface area contributed by atoms with E-state index < -0.39 is 0 Å². The highest BCUT2D eigenvalue weighted by Crippen LogP contribution is 2.39. The van der Waals surface area contributed by atoms with E-state index in [9.17, 15) is 0 Å². The zero-order chi connectivity index (χ0) is 17.0. The largest absolute Gasteiger partial charge is 0.496 e. The van der Waals surface area contributed by atoms with Gasteiger partial charge in [0, 0.05) is 5.56 Å². The average Bonchev–Trinajstić information content (AvgIpc) is 2.51. The number of nitrogens with zero attached hydrogens (tertiary/aromatic N) is 1. The predicted molar refractivity (Wildman–Crippen MR) is 93.0 cm³/mol. The van der Waals surface area contributed by atoms with E-state index in [4.69, 9.17) is 37.9 Å². The first-order valence-corrected chi connectivity index (χ1v) is 7.74. The minimum Gasteiger partial charge on any atom is -0.496 e. The summed E-state index contributed by atoms with van der Waals surface area (Å²) in [6.45, 7) is 4.15. The molecule has 2 aromatic rings. The fourth-order valence-corrected chi connectivity index (χ4v) is 2.74. The summed E-state index contributed by atoms with van der Waals surface area (Å²) in [5.74, 6) is 2.05. The third kappa shape index (κ3) is 4.09. The fourth-order valence-electron chi connectivity index (χ4n) is 2.16. The van der Waals surface area contributed by atoms with Gasteiger partial charge in [-0.2, -0.15) is 0 Å². The lowest BCUT2D eigenvalue weighted by molar-refractivity contribution is 0.322. The van der Waals surface area contributed by atoms with E-state index in [1.54, 1.807) is 25.3 Å². The number of rotatable bonds is 5. The smallest absolute Gasteiger partial charge is 0.164 e. The van der Waals surface area contributed by atoms with Crippen LogP contribution in [0, 0.1) is 0 Å². The van der Waals surface area contributed by atoms with Gasteiger partial charge in [0.15, 0.2) is 5.75 Å². The summed E-state index contributed by atoms with van der Waals surface area (Å²) in [5, 5.41) is 12.2. The second-order valence-corrected chi connectivity index (χ2v) is 6.03. The maximum Gasteiger partial charge on any atom is 0.164 e. The molecule has 1 N–H and O–H groups in total. The first-order chi connectivity index (χ1) is 11.0. The van der Waals surface area contributed by atoms with E-state index in [0.29, 0.717) is 27.1 Å². The standard InChI is InChI=1S/C17H17Cl2NO3/c1-10(2)13-8-12(4-5-16(13)22-3)23-17-14(18)6-11(9-20-21)7-15(17)19/h4-10,21H,1-3H3/b20-9+. The number of methoxy groups -OCH3 is 1. The molecule has 0 heterocycles. The maximum absolute atomic E-state index is 8.58. The van der Waals surface area contributed by atoms with Crippen LogP contribution in [0.1, 0.15) is 30.9 Å². The molecule has 0 aliphatic rings. The Bertz CT molecular complexity index is 707. The molecule has 4 nitrogen and oxygen atoms in total. The van der Waals surface area contributed by atoms with Crippen LogP contribution in [0.5, 0.6) is 17.2 Å². The molecule has 0 saturated carbocycles. The van der Waals surface area contributed by atoms with Gasteiger partial charge in [0.25, 0.3) is 0 Å². The second-order valence-electron chi connectivity index (χ2n) is 5.22. The summed E-state index contributed by atoms with van der Waals surface area (Å²) >= 11 is 12.4. The lowest BCUT2D eigenvalue weighted by Crippen LogP contribution is -1.96. The van der Waals surface area contributed by atoms with E-state index in [1.807, 2.05) is 12.1 Å². The Kier molecular flexibility index (Phi) is 5.74. The van der Waals surface area contributed by atoms with Crippen LogP contribution >= 0.6 is 23.2 Å². The number of benzene rings is 2. The van der Waals surface area contributed by atoms with Gasteiger partial charge in [0.1, 0.15) is 11.5 Å². The molecule has 0 bridgehead atoms. The number of hydrogen-bond acceptors (Lipinski definition) is 4. The van der Waals surface area contributed by atoms with Crippen molar-refractivity contribution in [3.63, 3.8) is 0 Å². The summed E-state index contributed by atoms with van der Waals surface area (Å²) in [4.78, 5) is 0. The molecule has 0 spiro atoms. The lowest BCUT2D eigenvalue weighted by Gasteiger charge is -2.15. The molecule has 6 heteroatoms. The van der Waals surface area contributed by atoms with Crippen molar-refractivity contribution >= 4 is 29.4 Å². The Balaban J connectivity index is 2.38. The van der Waals surface area contributed by atoms with Crippen LogP contribution in [0.4, 0.5) is 0 Å². The molecule has 0 aromatic heterocycles. The normalized spacial score (nSPS) is 11.2. The van der Waals surface area contributed by atoms with Crippen LogP contribution in [-0.4, -0.2) is 18.5 Å². The van der Waals surface area contributed by atoms with Crippen molar-refractivity contribution in [2.75, 3.05) is 7.11 Å². The van der Waals surface area contributed by atoms with Gasteiger partial charge < -0.3 is 14.7 Å². The summed E-state index contributed by atoms with van der Waals surface area (Å²) < 4.78 is 11.2. The van der Waals surface area contributed by atoms with Crippen LogP contribution in [0.2, 0.25) is 10.0 Å². The molecule has 23 heavy (non-hydrogen) atoms. The summed E-state index contributed by atoms with van der Waals surface area (Å²) in [7, 11) is 1.64. The molecule has 0 aliphatic carbocycles. The van der Waals surface area contributed by atoms with Crippen LogP contribution in [0.15, 0.2) is 35.5 Å². The van der Waals surface area contributed by atoms with E-state index >= 15 is 0 Å². The molecule has 0 radical (unpaired) electrons. The molecule has 0 atom stereocenters. The minimum atomic E-state index is 0.280. The molecule has 0 aliphatic heterocycles. The van der Waals surface area contributed by atoms with Crippen LogP contribution in [0.3, 0.4) is 0 Å². The Morgan fingerprint density at radius 3 is 2.30 bits per heavy atom. The monoisotopic (exact) mass is 353 g/mol. The van der Waals surface area contributed by atoms with Gasteiger partial charge in [-0.15, -0.1) is 0 Å². The van der Waals surface area contributed by atoms with Crippen molar-refractivity contribution in [1.29, 1.82) is 0 Å². The van der Waals surface area contributed by atoms with Gasteiger partial charge in [-0.25, -0.2) is 0 Å². The molecule has 0 amide bonds. The first-order valence-electron chi connectivity index (χ1n) is 6.98. The lowest BCUT2D eigenvalue weighted by atomic mass is 10.0. The van der Waals surface area contributed by atoms with Crippen molar-refractivity contribution in [2.24, 2.45) is 5.16 Å². The van der Waals surface area contributed by atoms with Crippen molar-refractivity contribution in [1.82, 2.24) is 0 Å². The molecule has 0 saturated heterocycles. The Hall–Kier alpha value is -1.91. The van der Waals surface area contributed by atoms with Crippen molar-refractivity contribution in [3.8, 4) is 17.2 Å². The quantitative estimate of drug-likeness (QED) is 0.424. The molecular weight excluding hydrogens is 337 g/mol. The average molecular weight is 354 g/mol. The highest BCUT2D eigenvalue weighted by atomic mass is 35.5. The van der Waals surface area contributed by atoms with Gasteiger partial charge in [-0.3, -0.25) is 0 Å². The molecule has 122 valence electrons. The van der Waals surface area contributed by atoms with Gasteiger partial charge in [0.05, 0.1) is 23.4 Å². The summed E-state index contributed by atoms with van der Waals surface area (Å²) in [6.07, 6.45) is 1.24. The predicted octanol–water partition coefficient (Wildman–Crippen LogP) is 5.73. The molecule has 0 unspecified atom stereocenters. The van der Waals surface area contributed by atoms with Gasteiger partial charge >= 0.3 is 0 Å². The minimum absolute atomic E-state index is 0.280. The van der Waals surface area contributed by atoms with E-state index in [-0.39, 0.29) is 5.92 Å². The fraction of sp³-hybridized carbons (Fsp3) is 0.235. The third-order valence-corrected chi connectivity index (χ3v) is 3.83. The SMILES string of the molecule is COc1ccc(Oc2c(Cl)cc(/C=N/O)cc2Cl)cc1C(C)C. The van der Waals surface area contributed by atoms with E-state index in [2.05, 4.69) is 19.0 Å².